The minimum Gasteiger partial charge on any atom is -0.310 e. The van der Waals surface area contributed by atoms with E-state index >= 15 is 0 Å². The summed E-state index contributed by atoms with van der Waals surface area (Å²) in [6.45, 7) is 5.28. The molecule has 0 saturated carbocycles. The molecule has 20 heavy (non-hydrogen) atoms. The number of nitrogens with one attached hydrogen (secondary N) is 1. The minimum absolute atomic E-state index is 0.304. The van der Waals surface area contributed by atoms with Crippen LogP contribution in [0.4, 0.5) is 0 Å². The Morgan fingerprint density at radius 2 is 2.25 bits per heavy atom. The SMILES string of the molecule is CCCNC(Cc1c(Cl)c(CC)nn1C)c1ccsc1. The second-order valence-electron chi connectivity index (χ2n) is 4.95. The molecule has 0 radical (unpaired) electrons. The lowest BCUT2D eigenvalue weighted by molar-refractivity contribution is 0.513. The van der Waals surface area contributed by atoms with Crippen molar-refractivity contribution in [2.45, 2.75) is 39.2 Å². The number of halogens is 1. The molecule has 3 nitrogen and oxygen atoms in total. The highest BCUT2D eigenvalue weighted by Crippen LogP contribution is 2.27. The molecule has 1 unspecified atom stereocenters. The van der Waals surface area contributed by atoms with Crippen molar-refractivity contribution in [2.24, 2.45) is 7.05 Å². The smallest absolute Gasteiger partial charge is 0.0850 e. The Balaban J connectivity index is 2.21. The van der Waals surface area contributed by atoms with E-state index in [9.17, 15) is 0 Å². The number of nitrogens with zero attached hydrogens (tertiary/aromatic N) is 2. The summed E-state index contributed by atoms with van der Waals surface area (Å²) in [7, 11) is 1.98. The molecule has 0 aliphatic carbocycles. The molecule has 0 spiro atoms. The molecule has 110 valence electrons. The second-order valence-corrected chi connectivity index (χ2v) is 6.11. The quantitative estimate of drug-likeness (QED) is 0.838. The normalized spacial score (nSPS) is 12.8. The fourth-order valence-electron chi connectivity index (χ4n) is 2.33. The monoisotopic (exact) mass is 311 g/mol. The molecule has 2 heterocycles. The highest BCUT2D eigenvalue weighted by molar-refractivity contribution is 7.07. The highest BCUT2D eigenvalue weighted by atomic mass is 35.5. The van der Waals surface area contributed by atoms with Gasteiger partial charge in [0.25, 0.3) is 0 Å². The van der Waals surface area contributed by atoms with Gasteiger partial charge < -0.3 is 5.32 Å². The fourth-order valence-corrected chi connectivity index (χ4v) is 3.42. The zero-order valence-corrected chi connectivity index (χ0v) is 13.9. The van der Waals surface area contributed by atoms with E-state index in [1.165, 1.54) is 5.56 Å². The molecule has 1 N–H and O–H groups in total. The second kappa shape index (κ2) is 7.25. The molecule has 0 fully saturated rings. The Morgan fingerprint density at radius 1 is 1.45 bits per heavy atom. The Hall–Kier alpha value is -0.840. The molecular weight excluding hydrogens is 290 g/mol. The van der Waals surface area contributed by atoms with Gasteiger partial charge in [0.2, 0.25) is 0 Å². The summed E-state index contributed by atoms with van der Waals surface area (Å²) >= 11 is 8.20. The van der Waals surface area contributed by atoms with Gasteiger partial charge in [-0.05, 0) is 41.8 Å². The first-order valence-electron chi connectivity index (χ1n) is 7.13. The standard InChI is InChI=1S/C15H22ClN3S/c1-4-7-17-13(11-6-8-20-10-11)9-14-15(16)12(5-2)18-19(14)3/h6,8,10,13,17H,4-5,7,9H2,1-3H3. The number of thiophene rings is 1. The minimum atomic E-state index is 0.304. The van der Waals surface area contributed by atoms with Gasteiger partial charge in [0, 0.05) is 19.5 Å². The Kier molecular flexibility index (Phi) is 5.64. The van der Waals surface area contributed by atoms with Crippen LogP contribution in [0.1, 0.15) is 43.3 Å². The van der Waals surface area contributed by atoms with E-state index in [4.69, 9.17) is 11.6 Å². The van der Waals surface area contributed by atoms with Gasteiger partial charge in [-0.1, -0.05) is 25.4 Å². The lowest BCUT2D eigenvalue weighted by Crippen LogP contribution is -2.24. The molecule has 0 saturated heterocycles. The molecule has 0 amide bonds. The Morgan fingerprint density at radius 3 is 2.80 bits per heavy atom. The first-order valence-corrected chi connectivity index (χ1v) is 8.45. The predicted octanol–water partition coefficient (Wildman–Crippen LogP) is 3.98. The third-order valence-corrected chi connectivity index (χ3v) is 4.62. The predicted molar refractivity (Wildman–Crippen MR) is 86.7 cm³/mol. The van der Waals surface area contributed by atoms with Gasteiger partial charge in [-0.15, -0.1) is 0 Å². The number of aromatic nitrogens is 2. The van der Waals surface area contributed by atoms with Crippen molar-refractivity contribution < 1.29 is 0 Å². The van der Waals surface area contributed by atoms with Crippen LogP contribution < -0.4 is 5.32 Å². The third kappa shape index (κ3) is 3.43. The van der Waals surface area contributed by atoms with Gasteiger partial charge in [0.1, 0.15) is 0 Å². The van der Waals surface area contributed by atoms with Gasteiger partial charge in [0.15, 0.2) is 0 Å². The van der Waals surface area contributed by atoms with E-state index in [0.717, 1.165) is 42.2 Å². The average molecular weight is 312 g/mol. The summed E-state index contributed by atoms with van der Waals surface area (Å²) in [6, 6.07) is 2.49. The van der Waals surface area contributed by atoms with Crippen LogP contribution >= 0.6 is 22.9 Å². The molecule has 5 heteroatoms. The van der Waals surface area contributed by atoms with Crippen LogP contribution in [0, 0.1) is 0 Å². The van der Waals surface area contributed by atoms with Crippen LogP contribution in [0.15, 0.2) is 16.8 Å². The summed E-state index contributed by atoms with van der Waals surface area (Å²) in [5, 5.41) is 13.3. The maximum Gasteiger partial charge on any atom is 0.0850 e. The van der Waals surface area contributed by atoms with Gasteiger partial charge >= 0.3 is 0 Å². The average Bonchev–Trinajstić information content (AvgIpc) is 3.05. The molecule has 2 aromatic heterocycles. The molecule has 0 aliphatic heterocycles. The zero-order chi connectivity index (χ0) is 14.5. The van der Waals surface area contributed by atoms with E-state index in [1.54, 1.807) is 11.3 Å². The molecule has 1 atom stereocenters. The van der Waals surface area contributed by atoms with E-state index in [0.29, 0.717) is 6.04 Å². The largest absolute Gasteiger partial charge is 0.310 e. The van der Waals surface area contributed by atoms with Crippen molar-refractivity contribution in [3.8, 4) is 0 Å². The van der Waals surface area contributed by atoms with Crippen LogP contribution in [-0.2, 0) is 19.9 Å². The van der Waals surface area contributed by atoms with Gasteiger partial charge in [0.05, 0.1) is 16.4 Å². The number of hydrogen-bond donors (Lipinski definition) is 1. The van der Waals surface area contributed by atoms with Gasteiger partial charge in [-0.3, -0.25) is 4.68 Å². The third-order valence-electron chi connectivity index (χ3n) is 3.49. The summed E-state index contributed by atoms with van der Waals surface area (Å²) in [5.74, 6) is 0. The van der Waals surface area contributed by atoms with Crippen LogP contribution in [0.5, 0.6) is 0 Å². The van der Waals surface area contributed by atoms with Crippen LogP contribution in [0.25, 0.3) is 0 Å². The number of aryl methyl sites for hydroxylation is 2. The van der Waals surface area contributed by atoms with Gasteiger partial charge in [-0.25, -0.2) is 0 Å². The fraction of sp³-hybridized carbons (Fsp3) is 0.533. The van der Waals surface area contributed by atoms with Gasteiger partial charge in [-0.2, -0.15) is 16.4 Å². The van der Waals surface area contributed by atoms with Crippen LogP contribution in [-0.4, -0.2) is 16.3 Å². The van der Waals surface area contributed by atoms with Crippen molar-refractivity contribution in [1.29, 1.82) is 0 Å². The van der Waals surface area contributed by atoms with Crippen molar-refractivity contribution >= 4 is 22.9 Å². The topological polar surface area (TPSA) is 29.9 Å². The van der Waals surface area contributed by atoms with Crippen molar-refractivity contribution in [3.63, 3.8) is 0 Å². The highest BCUT2D eigenvalue weighted by Gasteiger charge is 2.19. The summed E-state index contributed by atoms with van der Waals surface area (Å²) < 4.78 is 1.92. The first kappa shape index (κ1) is 15.5. The summed E-state index contributed by atoms with van der Waals surface area (Å²) in [6.07, 6.45) is 2.87. The number of hydrogen-bond acceptors (Lipinski definition) is 3. The molecule has 2 rings (SSSR count). The molecule has 2 aromatic rings. The van der Waals surface area contributed by atoms with Crippen LogP contribution in [0.2, 0.25) is 5.02 Å². The lowest BCUT2D eigenvalue weighted by Gasteiger charge is -2.18. The van der Waals surface area contributed by atoms with Crippen LogP contribution in [0.3, 0.4) is 0 Å². The number of rotatable bonds is 7. The molecule has 0 aliphatic rings. The molecule has 0 aromatic carbocycles. The molecular formula is C15H22ClN3S. The lowest BCUT2D eigenvalue weighted by atomic mass is 10.0. The van der Waals surface area contributed by atoms with Crippen molar-refractivity contribution in [1.82, 2.24) is 15.1 Å². The summed E-state index contributed by atoms with van der Waals surface area (Å²) in [5.41, 5.74) is 3.44. The summed E-state index contributed by atoms with van der Waals surface area (Å²) in [4.78, 5) is 0. The van der Waals surface area contributed by atoms with Crippen molar-refractivity contribution in [3.05, 3.63) is 38.8 Å². The maximum atomic E-state index is 6.46. The van der Waals surface area contributed by atoms with E-state index in [2.05, 4.69) is 41.1 Å². The molecule has 0 bridgehead atoms. The first-order chi connectivity index (χ1) is 9.67. The zero-order valence-electron chi connectivity index (χ0n) is 12.3. The Labute approximate surface area is 130 Å². The Bertz CT molecular complexity index is 534. The van der Waals surface area contributed by atoms with Crippen molar-refractivity contribution in [2.75, 3.05) is 6.54 Å². The van der Waals surface area contributed by atoms with E-state index < -0.39 is 0 Å². The van der Waals surface area contributed by atoms with E-state index in [-0.39, 0.29) is 0 Å². The maximum absolute atomic E-state index is 6.46. The van der Waals surface area contributed by atoms with E-state index in [1.807, 2.05) is 11.7 Å².